The molecule has 7 nitrogen and oxygen atoms in total. The highest BCUT2D eigenvalue weighted by Gasteiger charge is 2.13. The lowest BCUT2D eigenvalue weighted by atomic mass is 10.1. The van der Waals surface area contributed by atoms with Crippen molar-refractivity contribution < 1.29 is 4.79 Å². The van der Waals surface area contributed by atoms with Crippen molar-refractivity contribution in [1.82, 2.24) is 24.8 Å². The molecule has 0 spiro atoms. The molecule has 1 amide bonds. The minimum atomic E-state index is -0.348. The number of imidazole rings is 1. The molecule has 0 unspecified atom stereocenters. The van der Waals surface area contributed by atoms with Crippen molar-refractivity contribution in [3.8, 4) is 0 Å². The van der Waals surface area contributed by atoms with Crippen LogP contribution in [0.1, 0.15) is 36.7 Å². The standard InChI is InChI=1S/C16H23N5O2/c1-4-13(9-21-8-7-17-10-21)20-15(22)6-5-14-11(2)18-16(23)19-12(14)3/h7-8,10,13H,4-6,9H2,1-3H3,(H,20,22)(H,18,19,23)/t13-/m1/s1. The normalized spacial score (nSPS) is 12.1. The summed E-state index contributed by atoms with van der Waals surface area (Å²) in [4.78, 5) is 34.0. The summed E-state index contributed by atoms with van der Waals surface area (Å²) < 4.78 is 1.95. The van der Waals surface area contributed by atoms with Crippen molar-refractivity contribution in [1.29, 1.82) is 0 Å². The van der Waals surface area contributed by atoms with Gasteiger partial charge in [0.1, 0.15) is 0 Å². The van der Waals surface area contributed by atoms with Crippen molar-refractivity contribution in [2.75, 3.05) is 0 Å². The van der Waals surface area contributed by atoms with E-state index < -0.39 is 0 Å². The van der Waals surface area contributed by atoms with Crippen LogP contribution in [-0.4, -0.2) is 31.5 Å². The average Bonchev–Trinajstić information content (AvgIpc) is 2.98. The molecule has 0 aliphatic carbocycles. The molecule has 0 saturated heterocycles. The molecule has 2 heterocycles. The molecule has 0 saturated carbocycles. The van der Waals surface area contributed by atoms with E-state index in [1.165, 1.54) is 0 Å². The van der Waals surface area contributed by atoms with Gasteiger partial charge in [-0.3, -0.25) is 4.79 Å². The van der Waals surface area contributed by atoms with Crippen LogP contribution < -0.4 is 11.0 Å². The average molecular weight is 317 g/mol. The summed E-state index contributed by atoms with van der Waals surface area (Å²) in [5.74, 6) is 0.00182. The number of carbonyl (C=O) groups is 1. The molecule has 2 rings (SSSR count). The Labute approximate surface area is 135 Å². The lowest BCUT2D eigenvalue weighted by Gasteiger charge is -2.17. The predicted octanol–water partition coefficient (Wildman–Crippen LogP) is 1.11. The Morgan fingerprint density at radius 1 is 1.43 bits per heavy atom. The third kappa shape index (κ3) is 4.77. The zero-order chi connectivity index (χ0) is 16.8. The topological polar surface area (TPSA) is 92.7 Å². The summed E-state index contributed by atoms with van der Waals surface area (Å²) in [6.45, 7) is 6.38. The van der Waals surface area contributed by atoms with Gasteiger partial charge in [0.2, 0.25) is 5.91 Å². The summed E-state index contributed by atoms with van der Waals surface area (Å²) >= 11 is 0. The number of hydrogen-bond acceptors (Lipinski definition) is 4. The minimum Gasteiger partial charge on any atom is -0.352 e. The number of amides is 1. The molecule has 1 atom stereocenters. The monoisotopic (exact) mass is 317 g/mol. The maximum absolute atomic E-state index is 12.2. The second kappa shape index (κ2) is 7.71. The molecule has 0 aliphatic rings. The van der Waals surface area contributed by atoms with E-state index in [1.807, 2.05) is 24.6 Å². The Kier molecular flexibility index (Phi) is 5.67. The summed E-state index contributed by atoms with van der Waals surface area (Å²) in [5.41, 5.74) is 2.05. The van der Waals surface area contributed by atoms with Crippen molar-refractivity contribution in [3.05, 3.63) is 46.2 Å². The fourth-order valence-electron chi connectivity index (χ4n) is 2.59. The second-order valence-corrected chi connectivity index (χ2v) is 5.66. The number of aromatic amines is 1. The predicted molar refractivity (Wildman–Crippen MR) is 87.1 cm³/mol. The van der Waals surface area contributed by atoms with Gasteiger partial charge >= 0.3 is 5.69 Å². The summed E-state index contributed by atoms with van der Waals surface area (Å²) in [5, 5.41) is 3.05. The molecule has 0 bridgehead atoms. The molecule has 0 radical (unpaired) electrons. The third-order valence-corrected chi connectivity index (χ3v) is 3.90. The first-order valence-electron chi connectivity index (χ1n) is 7.81. The van der Waals surface area contributed by atoms with Gasteiger partial charge in [-0.25, -0.2) is 9.78 Å². The molecule has 2 aromatic rings. The molecule has 23 heavy (non-hydrogen) atoms. The van der Waals surface area contributed by atoms with E-state index in [-0.39, 0.29) is 17.6 Å². The molecule has 0 fully saturated rings. The lowest BCUT2D eigenvalue weighted by molar-refractivity contribution is -0.121. The number of aromatic nitrogens is 4. The van der Waals surface area contributed by atoms with E-state index in [0.29, 0.717) is 25.1 Å². The van der Waals surface area contributed by atoms with Gasteiger partial charge in [0.05, 0.1) is 6.33 Å². The van der Waals surface area contributed by atoms with E-state index >= 15 is 0 Å². The first-order chi connectivity index (χ1) is 11.0. The zero-order valence-corrected chi connectivity index (χ0v) is 13.8. The maximum atomic E-state index is 12.2. The quantitative estimate of drug-likeness (QED) is 0.800. The van der Waals surface area contributed by atoms with Gasteiger partial charge < -0.3 is 14.9 Å². The van der Waals surface area contributed by atoms with Gasteiger partial charge in [-0.2, -0.15) is 4.98 Å². The SMILES string of the molecule is CC[C@H](Cn1ccnc1)NC(=O)CCc1c(C)nc(=O)[nH]c1C. The molecular formula is C16H23N5O2. The van der Waals surface area contributed by atoms with Crippen LogP contribution in [0.5, 0.6) is 0 Å². The van der Waals surface area contributed by atoms with E-state index in [4.69, 9.17) is 0 Å². The van der Waals surface area contributed by atoms with Crippen molar-refractivity contribution >= 4 is 5.91 Å². The van der Waals surface area contributed by atoms with Crippen LogP contribution in [0.15, 0.2) is 23.5 Å². The summed E-state index contributed by atoms with van der Waals surface area (Å²) in [6, 6.07) is 0.0765. The van der Waals surface area contributed by atoms with Crippen LogP contribution in [0.4, 0.5) is 0 Å². The van der Waals surface area contributed by atoms with Crippen molar-refractivity contribution in [2.24, 2.45) is 0 Å². The first kappa shape index (κ1) is 16.9. The highest BCUT2D eigenvalue weighted by molar-refractivity contribution is 5.76. The van der Waals surface area contributed by atoms with Crippen LogP contribution in [0.25, 0.3) is 0 Å². The molecular weight excluding hydrogens is 294 g/mol. The van der Waals surface area contributed by atoms with E-state index in [2.05, 4.69) is 20.3 Å². The smallest absolute Gasteiger partial charge is 0.345 e. The highest BCUT2D eigenvalue weighted by atomic mass is 16.1. The van der Waals surface area contributed by atoms with Crippen LogP contribution >= 0.6 is 0 Å². The Morgan fingerprint density at radius 3 is 2.83 bits per heavy atom. The van der Waals surface area contributed by atoms with Gasteiger partial charge in [-0.05, 0) is 32.3 Å². The molecule has 2 aromatic heterocycles. The number of carbonyl (C=O) groups excluding carboxylic acids is 1. The van der Waals surface area contributed by atoms with Crippen LogP contribution in [0.3, 0.4) is 0 Å². The number of H-pyrrole nitrogens is 1. The Morgan fingerprint density at radius 2 is 2.22 bits per heavy atom. The number of nitrogens with zero attached hydrogens (tertiary/aromatic N) is 3. The summed E-state index contributed by atoms with van der Waals surface area (Å²) in [7, 11) is 0. The molecule has 7 heteroatoms. The Hall–Kier alpha value is -2.44. The number of nitrogens with one attached hydrogen (secondary N) is 2. The number of hydrogen-bond donors (Lipinski definition) is 2. The van der Waals surface area contributed by atoms with Gasteiger partial charge in [0.25, 0.3) is 0 Å². The summed E-state index contributed by atoms with van der Waals surface area (Å²) in [6.07, 6.45) is 7.14. The van der Waals surface area contributed by atoms with Crippen LogP contribution in [-0.2, 0) is 17.8 Å². The van der Waals surface area contributed by atoms with Crippen LogP contribution in [0, 0.1) is 13.8 Å². The maximum Gasteiger partial charge on any atom is 0.345 e. The van der Waals surface area contributed by atoms with E-state index in [1.54, 1.807) is 19.4 Å². The molecule has 0 aromatic carbocycles. The fourth-order valence-corrected chi connectivity index (χ4v) is 2.59. The third-order valence-electron chi connectivity index (χ3n) is 3.90. The van der Waals surface area contributed by atoms with E-state index in [0.717, 1.165) is 17.7 Å². The number of aryl methyl sites for hydroxylation is 2. The largest absolute Gasteiger partial charge is 0.352 e. The van der Waals surface area contributed by atoms with Gasteiger partial charge in [-0.15, -0.1) is 0 Å². The van der Waals surface area contributed by atoms with Gasteiger partial charge in [0.15, 0.2) is 0 Å². The molecule has 0 aliphatic heterocycles. The Bertz CT molecular complexity index is 680. The second-order valence-electron chi connectivity index (χ2n) is 5.66. The highest BCUT2D eigenvalue weighted by Crippen LogP contribution is 2.09. The molecule has 124 valence electrons. The minimum absolute atomic E-state index is 0.00182. The molecule has 2 N–H and O–H groups in total. The van der Waals surface area contributed by atoms with Crippen molar-refractivity contribution in [2.45, 2.75) is 52.6 Å². The van der Waals surface area contributed by atoms with E-state index in [9.17, 15) is 9.59 Å². The fraction of sp³-hybridized carbons (Fsp3) is 0.500. The number of rotatable bonds is 7. The van der Waals surface area contributed by atoms with Crippen LogP contribution in [0.2, 0.25) is 0 Å². The zero-order valence-electron chi connectivity index (χ0n) is 13.8. The Balaban J connectivity index is 1.90. The first-order valence-corrected chi connectivity index (χ1v) is 7.81. The lowest BCUT2D eigenvalue weighted by Crippen LogP contribution is -2.37. The van der Waals surface area contributed by atoms with Crippen molar-refractivity contribution in [3.63, 3.8) is 0 Å². The van der Waals surface area contributed by atoms with Gasteiger partial charge in [0, 0.05) is 42.8 Å². The van der Waals surface area contributed by atoms with Gasteiger partial charge in [-0.1, -0.05) is 6.92 Å².